The van der Waals surface area contributed by atoms with Crippen LogP contribution in [0.5, 0.6) is 0 Å². The average Bonchev–Trinajstić information content (AvgIpc) is 2.36. The molecule has 0 spiro atoms. The Morgan fingerprint density at radius 3 is 2.50 bits per heavy atom. The maximum Gasteiger partial charge on any atom is 0.328 e. The van der Waals surface area contributed by atoms with E-state index >= 15 is 0 Å². The Balaban J connectivity index is 2.89. The number of nitrogens with zero attached hydrogens (tertiary/aromatic N) is 2. The highest BCUT2D eigenvalue weighted by Gasteiger charge is 2.20. The molecule has 0 aromatic heterocycles. The minimum Gasteiger partial charge on any atom is -0.478 e. The molecule has 0 radical (unpaired) electrons. The Kier molecular flexibility index (Phi) is 5.43. The fourth-order valence-corrected chi connectivity index (χ4v) is 2.45. The van der Waals surface area contributed by atoms with Gasteiger partial charge in [-0.25, -0.2) is 4.79 Å². The maximum atomic E-state index is 11.9. The predicted molar refractivity (Wildman–Crippen MR) is 77.2 cm³/mol. The zero-order valence-electron chi connectivity index (χ0n) is 11.6. The molecule has 1 aromatic carbocycles. The van der Waals surface area contributed by atoms with Crippen molar-refractivity contribution >= 4 is 22.3 Å². The quantitative estimate of drug-likeness (QED) is 0.795. The van der Waals surface area contributed by atoms with Crippen molar-refractivity contribution in [2.45, 2.75) is 6.54 Å². The van der Waals surface area contributed by atoms with Crippen molar-refractivity contribution < 1.29 is 18.3 Å². The van der Waals surface area contributed by atoms with Crippen molar-refractivity contribution in [2.24, 2.45) is 0 Å². The number of carbonyl (C=O) groups is 1. The summed E-state index contributed by atoms with van der Waals surface area (Å²) in [5, 5.41) is 8.58. The second-order valence-corrected chi connectivity index (χ2v) is 6.71. The summed E-state index contributed by atoms with van der Waals surface area (Å²) in [6, 6.07) is 7.05. The summed E-state index contributed by atoms with van der Waals surface area (Å²) >= 11 is 0. The summed E-state index contributed by atoms with van der Waals surface area (Å²) < 4.78 is 26.2. The van der Waals surface area contributed by atoms with E-state index in [-0.39, 0.29) is 6.54 Å². The van der Waals surface area contributed by atoms with Crippen LogP contribution in [-0.2, 0) is 21.5 Å². The largest absolute Gasteiger partial charge is 0.478 e. The minimum atomic E-state index is -3.46. The molecule has 0 amide bonds. The van der Waals surface area contributed by atoms with E-state index in [9.17, 15) is 13.2 Å². The van der Waals surface area contributed by atoms with Crippen LogP contribution in [0.3, 0.4) is 0 Å². The second kappa shape index (κ2) is 6.65. The first kappa shape index (κ1) is 16.4. The topological polar surface area (TPSA) is 77.9 Å². The van der Waals surface area contributed by atoms with Crippen LogP contribution in [0.2, 0.25) is 0 Å². The molecule has 110 valence electrons. The van der Waals surface area contributed by atoms with Gasteiger partial charge in [-0.1, -0.05) is 24.3 Å². The van der Waals surface area contributed by atoms with E-state index in [0.29, 0.717) is 5.56 Å². The number of rotatable bonds is 6. The van der Waals surface area contributed by atoms with Crippen LogP contribution in [0, 0.1) is 0 Å². The fraction of sp³-hybridized carbons (Fsp3) is 0.308. The Labute approximate surface area is 119 Å². The molecule has 7 heteroatoms. The molecule has 1 N–H and O–H groups in total. The van der Waals surface area contributed by atoms with E-state index in [2.05, 4.69) is 0 Å². The van der Waals surface area contributed by atoms with Gasteiger partial charge in [-0.05, 0) is 17.2 Å². The van der Waals surface area contributed by atoms with E-state index < -0.39 is 16.2 Å². The molecular weight excluding hydrogens is 280 g/mol. The van der Waals surface area contributed by atoms with Crippen molar-refractivity contribution in [3.05, 3.63) is 41.5 Å². The molecule has 1 aromatic rings. The van der Waals surface area contributed by atoms with Crippen molar-refractivity contribution in [3.63, 3.8) is 0 Å². The highest BCUT2D eigenvalue weighted by atomic mass is 32.2. The first-order valence-electron chi connectivity index (χ1n) is 5.87. The van der Waals surface area contributed by atoms with Crippen LogP contribution in [0.4, 0.5) is 0 Å². The van der Waals surface area contributed by atoms with Gasteiger partial charge in [-0.15, -0.1) is 0 Å². The zero-order valence-corrected chi connectivity index (χ0v) is 12.5. The standard InChI is InChI=1S/C13H18N2O4S/c1-14(2)20(18,19)15(3)10-12-6-4-5-11(9-12)7-8-13(16)17/h4-9H,10H2,1-3H3,(H,16,17). The number of hydrogen-bond acceptors (Lipinski definition) is 3. The number of carboxylic acid groups (broad SMARTS) is 1. The van der Waals surface area contributed by atoms with E-state index in [1.807, 2.05) is 0 Å². The molecule has 0 bridgehead atoms. The van der Waals surface area contributed by atoms with E-state index in [0.717, 1.165) is 15.9 Å². The van der Waals surface area contributed by atoms with Gasteiger partial charge in [-0.2, -0.15) is 17.0 Å². The van der Waals surface area contributed by atoms with Crippen LogP contribution >= 0.6 is 0 Å². The van der Waals surface area contributed by atoms with Gasteiger partial charge in [0.1, 0.15) is 0 Å². The zero-order chi connectivity index (χ0) is 15.3. The third kappa shape index (κ3) is 4.44. The lowest BCUT2D eigenvalue weighted by molar-refractivity contribution is -0.131. The van der Waals surface area contributed by atoms with E-state index in [1.54, 1.807) is 24.3 Å². The molecular formula is C13H18N2O4S. The highest BCUT2D eigenvalue weighted by molar-refractivity contribution is 7.86. The Morgan fingerprint density at radius 2 is 1.95 bits per heavy atom. The van der Waals surface area contributed by atoms with Gasteiger partial charge in [0.15, 0.2) is 0 Å². The van der Waals surface area contributed by atoms with Gasteiger partial charge in [0.2, 0.25) is 0 Å². The van der Waals surface area contributed by atoms with Gasteiger partial charge in [0, 0.05) is 33.8 Å². The van der Waals surface area contributed by atoms with E-state index in [4.69, 9.17) is 5.11 Å². The normalized spacial score (nSPS) is 12.4. The SMILES string of the molecule is CN(C)S(=O)(=O)N(C)Cc1cccc(C=CC(=O)O)c1. The fourth-order valence-electron chi connectivity index (χ4n) is 1.58. The minimum absolute atomic E-state index is 0.218. The molecule has 0 unspecified atom stereocenters. The Bertz CT molecular complexity index is 609. The summed E-state index contributed by atoms with van der Waals surface area (Å²) in [4.78, 5) is 10.5. The molecule has 0 saturated heterocycles. The molecule has 0 atom stereocenters. The first-order chi connectivity index (χ1) is 9.23. The van der Waals surface area contributed by atoms with Crippen LogP contribution < -0.4 is 0 Å². The summed E-state index contributed by atoms with van der Waals surface area (Å²) in [6.45, 7) is 0.218. The van der Waals surface area contributed by atoms with Crippen LogP contribution in [0.15, 0.2) is 30.3 Å². The van der Waals surface area contributed by atoms with Crippen LogP contribution in [0.25, 0.3) is 6.08 Å². The molecule has 0 aliphatic rings. The first-order valence-corrected chi connectivity index (χ1v) is 7.27. The summed E-state index contributed by atoms with van der Waals surface area (Å²) in [6.07, 6.45) is 2.51. The Morgan fingerprint density at radius 1 is 1.30 bits per heavy atom. The lowest BCUT2D eigenvalue weighted by Crippen LogP contribution is -2.36. The van der Waals surface area contributed by atoms with Gasteiger partial charge in [0.25, 0.3) is 10.2 Å². The highest BCUT2D eigenvalue weighted by Crippen LogP contribution is 2.12. The van der Waals surface area contributed by atoms with Gasteiger partial charge >= 0.3 is 5.97 Å². The monoisotopic (exact) mass is 298 g/mol. The molecule has 1 rings (SSSR count). The van der Waals surface area contributed by atoms with Crippen molar-refractivity contribution in [3.8, 4) is 0 Å². The summed E-state index contributed by atoms with van der Waals surface area (Å²) in [7, 11) is 0.976. The lowest BCUT2D eigenvalue weighted by Gasteiger charge is -2.21. The molecule has 0 aliphatic carbocycles. The number of aliphatic carboxylic acids is 1. The third-order valence-electron chi connectivity index (χ3n) is 2.63. The van der Waals surface area contributed by atoms with Crippen LogP contribution in [-0.4, -0.2) is 49.2 Å². The molecule has 0 saturated carbocycles. The number of carboxylic acids is 1. The molecule has 0 fully saturated rings. The Hall–Kier alpha value is -1.70. The third-order valence-corrected chi connectivity index (χ3v) is 4.47. The molecule has 6 nitrogen and oxygen atoms in total. The average molecular weight is 298 g/mol. The van der Waals surface area contributed by atoms with Crippen molar-refractivity contribution in [1.29, 1.82) is 0 Å². The maximum absolute atomic E-state index is 11.9. The summed E-state index contributed by atoms with van der Waals surface area (Å²) in [5.41, 5.74) is 1.49. The summed E-state index contributed by atoms with van der Waals surface area (Å²) in [5.74, 6) is -1.03. The van der Waals surface area contributed by atoms with Gasteiger partial charge < -0.3 is 5.11 Å². The van der Waals surface area contributed by atoms with E-state index in [1.165, 1.54) is 31.5 Å². The number of hydrogen-bond donors (Lipinski definition) is 1. The molecule has 20 heavy (non-hydrogen) atoms. The predicted octanol–water partition coefficient (Wildman–Crippen LogP) is 1.02. The second-order valence-electron chi connectivity index (χ2n) is 4.46. The van der Waals surface area contributed by atoms with Crippen molar-refractivity contribution in [2.75, 3.05) is 21.1 Å². The number of benzene rings is 1. The smallest absolute Gasteiger partial charge is 0.328 e. The van der Waals surface area contributed by atoms with Gasteiger partial charge in [0.05, 0.1) is 0 Å². The lowest BCUT2D eigenvalue weighted by atomic mass is 10.1. The van der Waals surface area contributed by atoms with Crippen LogP contribution in [0.1, 0.15) is 11.1 Å². The van der Waals surface area contributed by atoms with Gasteiger partial charge in [-0.3, -0.25) is 0 Å². The molecule has 0 aliphatic heterocycles. The van der Waals surface area contributed by atoms with Crippen molar-refractivity contribution in [1.82, 2.24) is 8.61 Å². The molecule has 0 heterocycles.